The van der Waals surface area contributed by atoms with Crippen LogP contribution in [0.3, 0.4) is 0 Å². The molecule has 1 aromatic rings. The molecule has 0 amide bonds. The molecule has 0 aromatic carbocycles. The lowest BCUT2D eigenvalue weighted by molar-refractivity contribution is 0.181. The molecule has 2 unspecified atom stereocenters. The van der Waals surface area contributed by atoms with Crippen molar-refractivity contribution in [2.75, 3.05) is 13.2 Å². The first-order valence-corrected chi connectivity index (χ1v) is 7.57. The van der Waals surface area contributed by atoms with Crippen LogP contribution in [0.5, 0.6) is 0 Å². The summed E-state index contributed by atoms with van der Waals surface area (Å²) in [6, 6.07) is 2.31. The second-order valence-corrected chi connectivity index (χ2v) is 6.93. The standard InChI is InChI=1S/C16H28N2O/c1-6-12(2)14-9-15(16(3,4)5)18(17-14)10-13-7-8-19-11-13/h9,12-13H,6-8,10-11H2,1-5H3. The van der Waals surface area contributed by atoms with Gasteiger partial charge < -0.3 is 4.74 Å². The maximum absolute atomic E-state index is 5.49. The van der Waals surface area contributed by atoms with Crippen LogP contribution in [0.15, 0.2) is 6.07 Å². The molecule has 0 radical (unpaired) electrons. The molecule has 0 spiro atoms. The summed E-state index contributed by atoms with van der Waals surface area (Å²) >= 11 is 0. The van der Waals surface area contributed by atoms with Crippen LogP contribution in [-0.2, 0) is 16.7 Å². The van der Waals surface area contributed by atoms with Crippen LogP contribution in [0.1, 0.15) is 64.8 Å². The monoisotopic (exact) mass is 264 g/mol. The largest absolute Gasteiger partial charge is 0.381 e. The molecule has 3 nitrogen and oxygen atoms in total. The average Bonchev–Trinajstić information content (AvgIpc) is 2.97. The summed E-state index contributed by atoms with van der Waals surface area (Å²) in [4.78, 5) is 0. The Morgan fingerprint density at radius 3 is 2.74 bits per heavy atom. The van der Waals surface area contributed by atoms with Crippen molar-refractivity contribution >= 4 is 0 Å². The first-order chi connectivity index (χ1) is 8.91. The van der Waals surface area contributed by atoms with Crippen molar-refractivity contribution in [1.82, 2.24) is 9.78 Å². The van der Waals surface area contributed by atoms with Crippen molar-refractivity contribution in [3.63, 3.8) is 0 Å². The minimum absolute atomic E-state index is 0.151. The molecular formula is C16H28N2O. The Bertz CT molecular complexity index is 411. The summed E-state index contributed by atoms with van der Waals surface area (Å²) in [6.45, 7) is 14.1. The summed E-state index contributed by atoms with van der Waals surface area (Å²) in [5.74, 6) is 1.17. The van der Waals surface area contributed by atoms with E-state index in [1.165, 1.54) is 17.8 Å². The van der Waals surface area contributed by atoms with Crippen LogP contribution in [0, 0.1) is 5.92 Å². The first-order valence-electron chi connectivity index (χ1n) is 7.57. The minimum atomic E-state index is 0.151. The van der Waals surface area contributed by atoms with Crippen molar-refractivity contribution < 1.29 is 4.74 Å². The van der Waals surface area contributed by atoms with Gasteiger partial charge in [-0.2, -0.15) is 5.10 Å². The van der Waals surface area contributed by atoms with E-state index in [0.29, 0.717) is 11.8 Å². The Kier molecular flexibility index (Phi) is 4.34. The van der Waals surface area contributed by atoms with Crippen LogP contribution >= 0.6 is 0 Å². The van der Waals surface area contributed by atoms with E-state index in [4.69, 9.17) is 9.84 Å². The molecule has 2 heterocycles. The fraction of sp³-hybridized carbons (Fsp3) is 0.812. The van der Waals surface area contributed by atoms with Gasteiger partial charge in [0.2, 0.25) is 0 Å². The number of aromatic nitrogens is 2. The zero-order valence-corrected chi connectivity index (χ0v) is 13.1. The molecular weight excluding hydrogens is 236 g/mol. The Morgan fingerprint density at radius 1 is 1.47 bits per heavy atom. The Labute approximate surface area is 117 Å². The average molecular weight is 264 g/mol. The Balaban J connectivity index is 2.25. The predicted molar refractivity (Wildman–Crippen MR) is 78.6 cm³/mol. The van der Waals surface area contributed by atoms with Crippen LogP contribution < -0.4 is 0 Å². The van der Waals surface area contributed by atoms with Crippen molar-refractivity contribution in [2.24, 2.45) is 5.92 Å². The van der Waals surface area contributed by atoms with Gasteiger partial charge in [-0.15, -0.1) is 0 Å². The van der Waals surface area contributed by atoms with Crippen LogP contribution in [0.2, 0.25) is 0 Å². The third-order valence-corrected chi connectivity index (χ3v) is 4.14. The molecule has 108 valence electrons. The Hall–Kier alpha value is -0.830. The van der Waals surface area contributed by atoms with Gasteiger partial charge in [0.25, 0.3) is 0 Å². The van der Waals surface area contributed by atoms with E-state index >= 15 is 0 Å². The molecule has 1 aromatic heterocycles. The summed E-state index contributed by atoms with van der Waals surface area (Å²) in [5, 5.41) is 4.87. The summed E-state index contributed by atoms with van der Waals surface area (Å²) in [7, 11) is 0. The van der Waals surface area contributed by atoms with Crippen LogP contribution in [0.4, 0.5) is 0 Å². The zero-order chi connectivity index (χ0) is 14.0. The number of ether oxygens (including phenoxy) is 1. The summed E-state index contributed by atoms with van der Waals surface area (Å²) < 4.78 is 7.73. The molecule has 2 rings (SSSR count). The topological polar surface area (TPSA) is 27.1 Å². The molecule has 19 heavy (non-hydrogen) atoms. The zero-order valence-electron chi connectivity index (χ0n) is 13.1. The van der Waals surface area contributed by atoms with Gasteiger partial charge in [0.15, 0.2) is 0 Å². The highest BCUT2D eigenvalue weighted by Crippen LogP contribution is 2.28. The molecule has 0 aliphatic carbocycles. The molecule has 1 fully saturated rings. The molecule has 0 saturated carbocycles. The number of nitrogens with zero attached hydrogens (tertiary/aromatic N) is 2. The molecule has 1 aliphatic heterocycles. The molecule has 1 saturated heterocycles. The van der Waals surface area contributed by atoms with E-state index in [9.17, 15) is 0 Å². The SMILES string of the molecule is CCC(C)c1cc(C(C)(C)C)n(CC2CCOC2)n1. The maximum atomic E-state index is 5.49. The summed E-state index contributed by atoms with van der Waals surface area (Å²) in [5.41, 5.74) is 2.75. The van der Waals surface area contributed by atoms with Gasteiger partial charge in [0.1, 0.15) is 0 Å². The van der Waals surface area contributed by atoms with Crippen molar-refractivity contribution in [2.45, 2.75) is 65.3 Å². The quantitative estimate of drug-likeness (QED) is 0.828. The van der Waals surface area contributed by atoms with Gasteiger partial charge in [-0.25, -0.2) is 0 Å². The lowest BCUT2D eigenvalue weighted by atomic mass is 9.90. The van der Waals surface area contributed by atoms with Crippen molar-refractivity contribution in [3.8, 4) is 0 Å². The van der Waals surface area contributed by atoms with Gasteiger partial charge in [-0.05, 0) is 24.8 Å². The van der Waals surface area contributed by atoms with Crippen molar-refractivity contribution in [3.05, 3.63) is 17.5 Å². The molecule has 0 bridgehead atoms. The normalized spacial score (nSPS) is 21.8. The molecule has 1 aliphatic rings. The third kappa shape index (κ3) is 3.38. The highest BCUT2D eigenvalue weighted by molar-refractivity contribution is 5.20. The second kappa shape index (κ2) is 5.66. The van der Waals surface area contributed by atoms with Crippen molar-refractivity contribution in [1.29, 1.82) is 0 Å². The maximum Gasteiger partial charge on any atom is 0.0655 e. The minimum Gasteiger partial charge on any atom is -0.381 e. The van der Waals surface area contributed by atoms with Gasteiger partial charge in [-0.3, -0.25) is 4.68 Å². The number of rotatable bonds is 4. The van der Waals surface area contributed by atoms with E-state index in [0.717, 1.165) is 26.2 Å². The van der Waals surface area contributed by atoms with Gasteiger partial charge in [-0.1, -0.05) is 34.6 Å². The molecule has 0 N–H and O–H groups in total. The molecule has 2 atom stereocenters. The van der Waals surface area contributed by atoms with Gasteiger partial charge in [0, 0.05) is 30.2 Å². The van der Waals surface area contributed by atoms with Gasteiger partial charge in [0.05, 0.1) is 12.3 Å². The fourth-order valence-corrected chi connectivity index (χ4v) is 2.60. The van der Waals surface area contributed by atoms with E-state index < -0.39 is 0 Å². The summed E-state index contributed by atoms with van der Waals surface area (Å²) in [6.07, 6.45) is 2.31. The lowest BCUT2D eigenvalue weighted by Crippen LogP contribution is -2.21. The third-order valence-electron chi connectivity index (χ3n) is 4.14. The van der Waals surface area contributed by atoms with Crippen LogP contribution in [-0.4, -0.2) is 23.0 Å². The second-order valence-electron chi connectivity index (χ2n) is 6.93. The molecule has 3 heteroatoms. The number of hydrogen-bond acceptors (Lipinski definition) is 2. The van der Waals surface area contributed by atoms with E-state index in [2.05, 4.69) is 45.4 Å². The lowest BCUT2D eigenvalue weighted by Gasteiger charge is -2.21. The smallest absolute Gasteiger partial charge is 0.0655 e. The highest BCUT2D eigenvalue weighted by atomic mass is 16.5. The highest BCUT2D eigenvalue weighted by Gasteiger charge is 2.25. The fourth-order valence-electron chi connectivity index (χ4n) is 2.60. The van der Waals surface area contributed by atoms with E-state index in [1.54, 1.807) is 0 Å². The number of hydrogen-bond donors (Lipinski definition) is 0. The van der Waals surface area contributed by atoms with Gasteiger partial charge >= 0.3 is 0 Å². The Morgan fingerprint density at radius 2 is 2.21 bits per heavy atom. The first kappa shape index (κ1) is 14.6. The van der Waals surface area contributed by atoms with Crippen LogP contribution in [0.25, 0.3) is 0 Å². The van der Waals surface area contributed by atoms with E-state index in [1.807, 2.05) is 0 Å². The van der Waals surface area contributed by atoms with E-state index in [-0.39, 0.29) is 5.41 Å². The predicted octanol–water partition coefficient (Wildman–Crippen LogP) is 3.73.